The first-order chi connectivity index (χ1) is 12.6. The molecule has 0 radical (unpaired) electrons. The number of nitrogens with zero attached hydrogens (tertiary/aromatic N) is 1. The summed E-state index contributed by atoms with van der Waals surface area (Å²) in [5, 5.41) is 0. The van der Waals surface area contributed by atoms with Crippen LogP contribution in [0.25, 0.3) is 0 Å². The zero-order valence-electron chi connectivity index (χ0n) is 15.3. The van der Waals surface area contributed by atoms with Gasteiger partial charge in [-0.1, -0.05) is 6.42 Å². The summed E-state index contributed by atoms with van der Waals surface area (Å²) in [6.45, 7) is 1.51. The van der Waals surface area contributed by atoms with E-state index < -0.39 is 0 Å². The van der Waals surface area contributed by atoms with Gasteiger partial charge in [-0.2, -0.15) is 0 Å². The van der Waals surface area contributed by atoms with Crippen molar-refractivity contribution in [1.29, 1.82) is 0 Å². The molecule has 4 nitrogen and oxygen atoms in total. The van der Waals surface area contributed by atoms with Crippen LogP contribution in [0.3, 0.4) is 0 Å². The van der Waals surface area contributed by atoms with Crippen molar-refractivity contribution in [2.45, 2.75) is 57.1 Å². The molecule has 1 saturated heterocycles. The maximum Gasteiger partial charge on any atom is 0.225 e. The van der Waals surface area contributed by atoms with Crippen LogP contribution in [0.1, 0.15) is 44.9 Å². The predicted octanol–water partition coefficient (Wildman–Crippen LogP) is 3.35. The largest absolute Gasteiger partial charge is 0.490 e. The Balaban J connectivity index is 1.29. The lowest BCUT2D eigenvalue weighted by molar-refractivity contribution is -0.140. The van der Waals surface area contributed by atoms with E-state index >= 15 is 0 Å². The second-order valence-corrected chi connectivity index (χ2v) is 8.29. The molecule has 2 saturated carbocycles. The second kappa shape index (κ2) is 7.55. The molecule has 26 heavy (non-hydrogen) atoms. The van der Waals surface area contributed by atoms with E-state index in [1.807, 2.05) is 4.90 Å². The molecule has 5 heteroatoms. The predicted molar refractivity (Wildman–Crippen MR) is 98.2 cm³/mol. The van der Waals surface area contributed by atoms with Crippen molar-refractivity contribution in [2.75, 3.05) is 13.1 Å². The molecule has 2 atom stereocenters. The molecule has 2 unspecified atom stereocenters. The number of nitrogens with two attached hydrogens (primary N) is 1. The Kier molecular flexibility index (Phi) is 5.16. The van der Waals surface area contributed by atoms with E-state index in [9.17, 15) is 9.18 Å². The van der Waals surface area contributed by atoms with Crippen LogP contribution < -0.4 is 10.5 Å². The fourth-order valence-corrected chi connectivity index (χ4v) is 5.15. The Morgan fingerprint density at radius 3 is 2.27 bits per heavy atom. The number of hydrogen-bond acceptors (Lipinski definition) is 3. The Morgan fingerprint density at radius 1 is 1.04 bits per heavy atom. The van der Waals surface area contributed by atoms with Crippen molar-refractivity contribution >= 4 is 5.91 Å². The molecule has 1 aromatic rings. The molecule has 1 heterocycles. The smallest absolute Gasteiger partial charge is 0.225 e. The number of likely N-dealkylation sites (tertiary alicyclic amines) is 1. The quantitative estimate of drug-likeness (QED) is 0.899. The number of carbonyl (C=O) groups is 1. The van der Waals surface area contributed by atoms with Crippen molar-refractivity contribution < 1.29 is 13.9 Å². The van der Waals surface area contributed by atoms with Gasteiger partial charge in [-0.15, -0.1) is 0 Å². The van der Waals surface area contributed by atoms with Crippen LogP contribution in [0.5, 0.6) is 5.75 Å². The normalized spacial score (nSPS) is 32.3. The van der Waals surface area contributed by atoms with E-state index in [4.69, 9.17) is 10.5 Å². The Morgan fingerprint density at radius 2 is 1.65 bits per heavy atom. The van der Waals surface area contributed by atoms with Crippen LogP contribution in [0, 0.1) is 23.6 Å². The van der Waals surface area contributed by atoms with Crippen molar-refractivity contribution in [3.8, 4) is 5.75 Å². The second-order valence-electron chi connectivity index (χ2n) is 8.29. The summed E-state index contributed by atoms with van der Waals surface area (Å²) in [5.74, 6) is 2.01. The molecule has 2 bridgehead atoms. The molecular formula is C21H29FN2O2. The molecule has 2 N–H and O–H groups in total. The zero-order chi connectivity index (χ0) is 18.1. The highest BCUT2D eigenvalue weighted by atomic mass is 19.1. The first-order valence-electron chi connectivity index (χ1n) is 10.1. The third-order valence-electron chi connectivity index (χ3n) is 6.63. The Bertz CT molecular complexity index is 613. The number of hydrogen-bond donors (Lipinski definition) is 1. The molecule has 0 spiro atoms. The molecule has 2 aliphatic carbocycles. The van der Waals surface area contributed by atoms with Gasteiger partial charge in [0.2, 0.25) is 5.91 Å². The van der Waals surface area contributed by atoms with Crippen LogP contribution in [-0.4, -0.2) is 36.0 Å². The number of rotatable bonds is 3. The SMILES string of the molecule is NC1C2CCCC1CC(C(=O)N1CCC(Oc3ccc(F)cc3)CC1)C2. The van der Waals surface area contributed by atoms with Gasteiger partial charge in [-0.05, 0) is 61.8 Å². The van der Waals surface area contributed by atoms with Gasteiger partial charge in [0.25, 0.3) is 0 Å². The molecule has 3 fully saturated rings. The van der Waals surface area contributed by atoms with Crippen LogP contribution in [0.2, 0.25) is 0 Å². The third kappa shape index (κ3) is 3.73. The lowest BCUT2D eigenvalue weighted by Crippen LogP contribution is -2.51. The van der Waals surface area contributed by atoms with Gasteiger partial charge in [0.1, 0.15) is 17.7 Å². The van der Waals surface area contributed by atoms with E-state index in [1.54, 1.807) is 12.1 Å². The average molecular weight is 360 g/mol. The molecule has 1 amide bonds. The summed E-state index contributed by atoms with van der Waals surface area (Å²) >= 11 is 0. The third-order valence-corrected chi connectivity index (χ3v) is 6.63. The van der Waals surface area contributed by atoms with E-state index in [0.717, 1.165) is 38.8 Å². The van der Waals surface area contributed by atoms with Crippen LogP contribution in [-0.2, 0) is 4.79 Å². The summed E-state index contributed by atoms with van der Waals surface area (Å²) in [6, 6.07) is 6.47. The van der Waals surface area contributed by atoms with E-state index in [2.05, 4.69) is 0 Å². The van der Waals surface area contributed by atoms with Crippen LogP contribution in [0.4, 0.5) is 4.39 Å². The standard InChI is InChI=1S/C21H29FN2O2/c22-17-4-6-18(7-5-17)26-19-8-10-24(11-9-19)21(25)16-12-14-2-1-3-15(13-16)20(14)23/h4-7,14-16,19-20H,1-3,8-13,23H2. The number of fused-ring (bicyclic) bond motifs is 2. The fraction of sp³-hybridized carbons (Fsp3) is 0.667. The summed E-state index contributed by atoms with van der Waals surface area (Å²) in [6.07, 6.45) is 7.37. The van der Waals surface area contributed by atoms with Gasteiger partial charge in [-0.3, -0.25) is 4.79 Å². The van der Waals surface area contributed by atoms with Crippen LogP contribution in [0.15, 0.2) is 24.3 Å². The van der Waals surface area contributed by atoms with Gasteiger partial charge >= 0.3 is 0 Å². The number of carbonyl (C=O) groups excluding carboxylic acids is 1. The van der Waals surface area contributed by atoms with E-state index in [0.29, 0.717) is 29.5 Å². The minimum absolute atomic E-state index is 0.101. The molecule has 3 aliphatic rings. The summed E-state index contributed by atoms with van der Waals surface area (Å²) in [7, 11) is 0. The Hall–Kier alpha value is -1.62. The molecule has 0 aromatic heterocycles. The number of ether oxygens (including phenoxy) is 1. The maximum absolute atomic E-state index is 13.0. The van der Waals surface area contributed by atoms with Gasteiger partial charge in [-0.25, -0.2) is 4.39 Å². The lowest BCUT2D eigenvalue weighted by atomic mass is 9.65. The van der Waals surface area contributed by atoms with Crippen molar-refractivity contribution in [3.05, 3.63) is 30.1 Å². The van der Waals surface area contributed by atoms with Gasteiger partial charge in [0.15, 0.2) is 0 Å². The number of benzene rings is 1. The number of piperidine rings is 1. The summed E-state index contributed by atoms with van der Waals surface area (Å²) in [4.78, 5) is 15.0. The highest BCUT2D eigenvalue weighted by Crippen LogP contribution is 2.42. The topological polar surface area (TPSA) is 55.6 Å². The molecule has 1 aromatic carbocycles. The van der Waals surface area contributed by atoms with Crippen molar-refractivity contribution in [3.63, 3.8) is 0 Å². The number of halogens is 1. The fourth-order valence-electron chi connectivity index (χ4n) is 5.15. The molecule has 4 rings (SSSR count). The first-order valence-corrected chi connectivity index (χ1v) is 10.1. The highest BCUT2D eigenvalue weighted by molar-refractivity contribution is 5.79. The summed E-state index contributed by atoms with van der Waals surface area (Å²) < 4.78 is 18.9. The lowest BCUT2D eigenvalue weighted by Gasteiger charge is -2.45. The highest BCUT2D eigenvalue weighted by Gasteiger charge is 2.42. The van der Waals surface area contributed by atoms with Gasteiger partial charge in [0, 0.05) is 37.9 Å². The molecule has 1 aliphatic heterocycles. The first kappa shape index (κ1) is 17.8. The van der Waals surface area contributed by atoms with Crippen LogP contribution >= 0.6 is 0 Å². The molecule has 142 valence electrons. The Labute approximate surface area is 154 Å². The summed E-state index contributed by atoms with van der Waals surface area (Å²) in [5.41, 5.74) is 6.36. The zero-order valence-corrected chi connectivity index (χ0v) is 15.3. The minimum Gasteiger partial charge on any atom is -0.490 e. The van der Waals surface area contributed by atoms with Crippen molar-refractivity contribution in [1.82, 2.24) is 4.90 Å². The monoisotopic (exact) mass is 360 g/mol. The minimum atomic E-state index is -0.255. The van der Waals surface area contributed by atoms with Gasteiger partial charge < -0.3 is 15.4 Å². The number of amides is 1. The molecular weight excluding hydrogens is 331 g/mol. The van der Waals surface area contributed by atoms with E-state index in [1.165, 1.54) is 31.4 Å². The average Bonchev–Trinajstić information content (AvgIpc) is 2.63. The van der Waals surface area contributed by atoms with Gasteiger partial charge in [0.05, 0.1) is 0 Å². The van der Waals surface area contributed by atoms with E-state index in [-0.39, 0.29) is 17.8 Å². The van der Waals surface area contributed by atoms with Crippen molar-refractivity contribution in [2.24, 2.45) is 23.5 Å². The maximum atomic E-state index is 13.0.